The van der Waals surface area contributed by atoms with Gasteiger partial charge in [-0.2, -0.15) is 0 Å². The first kappa shape index (κ1) is 24.9. The molecular weight excluding hydrogens is 460 g/mol. The zero-order valence-electron chi connectivity index (χ0n) is 20.9. The Morgan fingerprint density at radius 2 is 1.91 bits per heavy atom. The number of H-pyrrole nitrogens is 1. The third kappa shape index (κ3) is 4.94. The Morgan fingerprint density at radius 1 is 1.14 bits per heavy atom. The summed E-state index contributed by atoms with van der Waals surface area (Å²) >= 11 is 0. The molecule has 0 aliphatic heterocycles. The number of rotatable bonds is 8. The molecule has 0 saturated carbocycles. The number of nitrogens with one attached hydrogen (secondary N) is 2. The van der Waals surface area contributed by atoms with Gasteiger partial charge >= 0.3 is 0 Å². The second kappa shape index (κ2) is 9.79. The number of carbonyl (C=O) groups excluding carboxylic acids is 1. The smallest absolute Gasteiger partial charge is 0.251 e. The standard InChI is InChI=1S/C27H32N4O3S/c1-6-35(33,34)20-10-7-9-19(14-20)22-15-21(27(32)28-11-8-12-31(4)5)18(3)25-24(22)23-13-17(2)16-29-26(23)30-25/h7,9-10,13-16H,6,8,11-12H2,1-5H3,(H,28,32)(H,29,30). The van der Waals surface area contributed by atoms with Crippen molar-refractivity contribution in [2.45, 2.75) is 32.1 Å². The minimum Gasteiger partial charge on any atom is -0.352 e. The van der Waals surface area contributed by atoms with Crippen molar-refractivity contribution in [2.24, 2.45) is 0 Å². The van der Waals surface area contributed by atoms with Gasteiger partial charge in [0, 0.05) is 29.1 Å². The van der Waals surface area contributed by atoms with Gasteiger partial charge in [0.2, 0.25) is 0 Å². The highest BCUT2D eigenvalue weighted by molar-refractivity contribution is 7.91. The maximum absolute atomic E-state index is 13.2. The second-order valence-corrected chi connectivity index (χ2v) is 11.5. The van der Waals surface area contributed by atoms with E-state index in [9.17, 15) is 13.2 Å². The number of sulfone groups is 1. The van der Waals surface area contributed by atoms with Crippen molar-refractivity contribution >= 4 is 37.7 Å². The lowest BCUT2D eigenvalue weighted by Crippen LogP contribution is -2.27. The van der Waals surface area contributed by atoms with E-state index in [0.29, 0.717) is 12.1 Å². The second-order valence-electron chi connectivity index (χ2n) is 9.22. The largest absolute Gasteiger partial charge is 0.352 e. The average Bonchev–Trinajstić information content (AvgIpc) is 3.21. The molecule has 0 bridgehead atoms. The van der Waals surface area contributed by atoms with Crippen LogP contribution in [0.1, 0.15) is 34.8 Å². The lowest BCUT2D eigenvalue weighted by atomic mass is 9.93. The van der Waals surface area contributed by atoms with E-state index >= 15 is 0 Å². The zero-order valence-corrected chi connectivity index (χ0v) is 21.7. The highest BCUT2D eigenvalue weighted by atomic mass is 32.2. The van der Waals surface area contributed by atoms with Crippen molar-refractivity contribution in [2.75, 3.05) is 32.9 Å². The van der Waals surface area contributed by atoms with Crippen LogP contribution in [0, 0.1) is 13.8 Å². The van der Waals surface area contributed by atoms with E-state index in [1.54, 1.807) is 31.3 Å². The number of hydrogen-bond donors (Lipinski definition) is 2. The third-order valence-corrected chi connectivity index (χ3v) is 8.05. The van der Waals surface area contributed by atoms with Gasteiger partial charge in [-0.05, 0) is 87.4 Å². The average molecular weight is 493 g/mol. The predicted molar refractivity (Wildman–Crippen MR) is 142 cm³/mol. The minimum absolute atomic E-state index is 0.0244. The summed E-state index contributed by atoms with van der Waals surface area (Å²) in [5, 5.41) is 4.91. The van der Waals surface area contributed by atoms with Crippen LogP contribution in [0.3, 0.4) is 0 Å². The van der Waals surface area contributed by atoms with Crippen LogP contribution in [0.25, 0.3) is 33.1 Å². The Bertz CT molecular complexity index is 1520. The maximum atomic E-state index is 13.2. The molecule has 2 N–H and O–H groups in total. The summed E-state index contributed by atoms with van der Waals surface area (Å²) in [5.41, 5.74) is 5.52. The van der Waals surface area contributed by atoms with Gasteiger partial charge in [-0.1, -0.05) is 19.1 Å². The van der Waals surface area contributed by atoms with E-state index in [1.165, 1.54) is 0 Å². The number of benzene rings is 2. The summed E-state index contributed by atoms with van der Waals surface area (Å²) in [4.78, 5) is 23.5. The Balaban J connectivity index is 1.92. The van der Waals surface area contributed by atoms with E-state index in [1.807, 2.05) is 40.1 Å². The topological polar surface area (TPSA) is 95.2 Å². The lowest BCUT2D eigenvalue weighted by Gasteiger charge is -2.14. The number of hydrogen-bond acceptors (Lipinski definition) is 5. The summed E-state index contributed by atoms with van der Waals surface area (Å²) in [5.74, 6) is -0.124. The van der Waals surface area contributed by atoms with Crippen LogP contribution in [0.5, 0.6) is 0 Å². The number of nitrogens with zero attached hydrogens (tertiary/aromatic N) is 2. The number of amides is 1. The normalized spacial score (nSPS) is 12.1. The maximum Gasteiger partial charge on any atom is 0.251 e. The fraction of sp³-hybridized carbons (Fsp3) is 0.333. The number of pyridine rings is 1. The molecule has 0 fully saturated rings. The highest BCUT2D eigenvalue weighted by Gasteiger charge is 2.21. The summed E-state index contributed by atoms with van der Waals surface area (Å²) in [6, 6.07) is 10.9. The van der Waals surface area contributed by atoms with Crippen molar-refractivity contribution in [3.8, 4) is 11.1 Å². The number of aryl methyl sites for hydroxylation is 2. The minimum atomic E-state index is -3.38. The van der Waals surface area contributed by atoms with Crippen LogP contribution < -0.4 is 5.32 Å². The molecule has 8 heteroatoms. The van der Waals surface area contributed by atoms with Gasteiger partial charge in [0.15, 0.2) is 9.84 Å². The molecule has 0 saturated heterocycles. The molecule has 35 heavy (non-hydrogen) atoms. The monoisotopic (exact) mass is 492 g/mol. The molecule has 0 aliphatic rings. The predicted octanol–water partition coefficient (Wildman–Crippen LogP) is 4.48. The first-order valence-corrected chi connectivity index (χ1v) is 13.5. The molecule has 7 nitrogen and oxygen atoms in total. The molecule has 0 unspecified atom stereocenters. The molecule has 1 amide bonds. The van der Waals surface area contributed by atoms with Crippen molar-refractivity contribution < 1.29 is 13.2 Å². The van der Waals surface area contributed by atoms with Crippen molar-refractivity contribution in [1.82, 2.24) is 20.2 Å². The summed E-state index contributed by atoms with van der Waals surface area (Å²) < 4.78 is 25.2. The molecule has 2 aromatic heterocycles. The summed E-state index contributed by atoms with van der Waals surface area (Å²) in [7, 11) is 0.631. The summed E-state index contributed by atoms with van der Waals surface area (Å²) in [6.45, 7) is 7.01. The van der Waals surface area contributed by atoms with Crippen molar-refractivity contribution in [1.29, 1.82) is 0 Å². The third-order valence-electron chi connectivity index (χ3n) is 6.32. The van der Waals surface area contributed by atoms with Gasteiger partial charge in [0.1, 0.15) is 5.65 Å². The van der Waals surface area contributed by atoms with E-state index in [2.05, 4.69) is 26.3 Å². The number of aromatic nitrogens is 2. The first-order valence-electron chi connectivity index (χ1n) is 11.8. The number of fused-ring (bicyclic) bond motifs is 3. The zero-order chi connectivity index (χ0) is 25.3. The highest BCUT2D eigenvalue weighted by Crippen LogP contribution is 2.38. The molecule has 4 aromatic rings. The molecule has 0 atom stereocenters. The van der Waals surface area contributed by atoms with E-state index in [4.69, 9.17) is 0 Å². The fourth-order valence-corrected chi connectivity index (χ4v) is 5.30. The molecule has 0 radical (unpaired) electrons. The molecule has 0 spiro atoms. The fourth-order valence-electron chi connectivity index (χ4n) is 4.38. The first-order chi connectivity index (χ1) is 16.6. The number of aromatic amines is 1. The van der Waals surface area contributed by atoms with Crippen LogP contribution >= 0.6 is 0 Å². The Kier molecular flexibility index (Phi) is 6.96. The molecule has 2 aromatic carbocycles. The van der Waals surface area contributed by atoms with Gasteiger partial charge < -0.3 is 15.2 Å². The van der Waals surface area contributed by atoms with Gasteiger partial charge in [0.25, 0.3) is 5.91 Å². The van der Waals surface area contributed by atoms with Crippen LogP contribution in [-0.4, -0.2) is 62.1 Å². The van der Waals surface area contributed by atoms with Crippen LogP contribution in [0.15, 0.2) is 47.5 Å². The van der Waals surface area contributed by atoms with Gasteiger partial charge in [-0.3, -0.25) is 4.79 Å². The van der Waals surface area contributed by atoms with Crippen LogP contribution in [0.2, 0.25) is 0 Å². The van der Waals surface area contributed by atoms with E-state index < -0.39 is 9.84 Å². The Labute approximate surface area is 206 Å². The summed E-state index contributed by atoms with van der Waals surface area (Å²) in [6.07, 6.45) is 2.65. The van der Waals surface area contributed by atoms with Gasteiger partial charge in [0.05, 0.1) is 16.2 Å². The molecule has 4 rings (SSSR count). The van der Waals surface area contributed by atoms with Crippen molar-refractivity contribution in [3.63, 3.8) is 0 Å². The number of carbonyl (C=O) groups is 1. The van der Waals surface area contributed by atoms with E-state index in [0.717, 1.165) is 57.2 Å². The molecule has 2 heterocycles. The van der Waals surface area contributed by atoms with Crippen LogP contribution in [0.4, 0.5) is 0 Å². The Morgan fingerprint density at radius 3 is 2.63 bits per heavy atom. The molecular formula is C27H32N4O3S. The quantitative estimate of drug-likeness (QED) is 0.354. The lowest BCUT2D eigenvalue weighted by molar-refractivity contribution is 0.0952. The van der Waals surface area contributed by atoms with Crippen molar-refractivity contribution in [3.05, 3.63) is 59.3 Å². The molecule has 0 aliphatic carbocycles. The Hall–Kier alpha value is -3.23. The SMILES string of the molecule is CCS(=O)(=O)c1cccc(-c2cc(C(=O)NCCCN(C)C)c(C)c3[nH]c4ncc(C)cc4c23)c1. The molecule has 184 valence electrons. The van der Waals surface area contributed by atoms with E-state index in [-0.39, 0.29) is 16.6 Å². The van der Waals surface area contributed by atoms with Crippen LogP contribution in [-0.2, 0) is 9.84 Å². The van der Waals surface area contributed by atoms with Gasteiger partial charge in [-0.15, -0.1) is 0 Å². The van der Waals surface area contributed by atoms with Gasteiger partial charge in [-0.25, -0.2) is 13.4 Å².